The molecule has 0 radical (unpaired) electrons. The van der Waals surface area contributed by atoms with Crippen LogP contribution in [0.5, 0.6) is 11.5 Å². The van der Waals surface area contributed by atoms with Crippen molar-refractivity contribution in [2.45, 2.75) is 31.9 Å². The number of aliphatic carboxylic acids is 1. The van der Waals surface area contributed by atoms with E-state index >= 15 is 0 Å². The largest absolute Gasteiger partial charge is 0.494 e. The van der Waals surface area contributed by atoms with E-state index in [0.717, 1.165) is 11.5 Å². The van der Waals surface area contributed by atoms with E-state index < -0.39 is 36.0 Å². The van der Waals surface area contributed by atoms with Crippen LogP contribution in [0.15, 0.2) is 72.3 Å². The summed E-state index contributed by atoms with van der Waals surface area (Å²) in [7, 11) is 0. The molecule has 0 saturated carbocycles. The van der Waals surface area contributed by atoms with Gasteiger partial charge in [-0.15, -0.1) is 0 Å². The third-order valence-electron chi connectivity index (χ3n) is 5.21. The number of carboxylic acids is 1. The summed E-state index contributed by atoms with van der Waals surface area (Å²) in [5, 5.41) is 13.0. The zero-order chi connectivity index (χ0) is 25.8. The average Bonchev–Trinajstić information content (AvgIpc) is 2.85. The molecule has 2 aromatic carbocycles. The van der Waals surface area contributed by atoms with Gasteiger partial charge in [-0.25, -0.2) is 9.59 Å². The third-order valence-corrected chi connectivity index (χ3v) is 5.21. The van der Waals surface area contributed by atoms with E-state index in [2.05, 4.69) is 10.6 Å². The Morgan fingerprint density at radius 1 is 0.889 bits per heavy atom. The topological polar surface area (TPSA) is 140 Å². The van der Waals surface area contributed by atoms with Crippen LogP contribution in [-0.2, 0) is 19.1 Å². The minimum absolute atomic E-state index is 0.160. The van der Waals surface area contributed by atoms with Crippen molar-refractivity contribution in [1.82, 2.24) is 10.6 Å². The van der Waals surface area contributed by atoms with Gasteiger partial charge in [0.25, 0.3) is 0 Å². The number of carbonyl (C=O) groups is 4. The first-order valence-corrected chi connectivity index (χ1v) is 11.5. The monoisotopic (exact) mass is 496 g/mol. The molecule has 2 unspecified atom stereocenters. The van der Waals surface area contributed by atoms with Gasteiger partial charge < -0.3 is 24.6 Å². The van der Waals surface area contributed by atoms with Crippen molar-refractivity contribution in [3.8, 4) is 11.5 Å². The van der Waals surface area contributed by atoms with Crippen LogP contribution in [0.25, 0.3) is 0 Å². The van der Waals surface area contributed by atoms with Crippen molar-refractivity contribution in [1.29, 1.82) is 0 Å². The molecule has 3 amide bonds. The number of fused-ring (bicyclic) bond motifs is 1. The van der Waals surface area contributed by atoms with Gasteiger partial charge in [0.1, 0.15) is 17.4 Å². The van der Waals surface area contributed by atoms with E-state index in [0.29, 0.717) is 38.0 Å². The maximum Gasteiger partial charge on any atom is 0.332 e. The Morgan fingerprint density at radius 3 is 2.06 bits per heavy atom. The molecule has 36 heavy (non-hydrogen) atoms. The van der Waals surface area contributed by atoms with Gasteiger partial charge in [-0.1, -0.05) is 36.4 Å². The van der Waals surface area contributed by atoms with Crippen molar-refractivity contribution < 1.29 is 38.5 Å². The lowest BCUT2D eigenvalue weighted by molar-refractivity contribution is -0.152. The number of benzene rings is 2. The fourth-order valence-electron chi connectivity index (χ4n) is 3.58. The molecule has 1 fully saturated rings. The minimum Gasteiger partial charge on any atom is -0.494 e. The molecule has 2 aromatic rings. The van der Waals surface area contributed by atoms with E-state index in [1.807, 2.05) is 60.7 Å². The summed E-state index contributed by atoms with van der Waals surface area (Å²) in [5.41, 5.74) is 0.639. The second-order valence-electron chi connectivity index (χ2n) is 7.94. The molecule has 2 atom stereocenters. The highest BCUT2D eigenvalue weighted by atomic mass is 16.6. The van der Waals surface area contributed by atoms with Gasteiger partial charge in [0, 0.05) is 12.5 Å². The van der Waals surface area contributed by atoms with Crippen LogP contribution in [0.3, 0.4) is 0 Å². The summed E-state index contributed by atoms with van der Waals surface area (Å²) in [6.07, 6.45) is 2.24. The zero-order valence-corrected chi connectivity index (χ0v) is 19.6. The summed E-state index contributed by atoms with van der Waals surface area (Å²) in [5.74, 6) is -0.918. The Balaban J connectivity index is 0.000000236. The van der Waals surface area contributed by atoms with Crippen molar-refractivity contribution in [3.63, 3.8) is 0 Å². The number of imide groups is 1. The van der Waals surface area contributed by atoms with Gasteiger partial charge in [-0.3, -0.25) is 14.9 Å². The second-order valence-corrected chi connectivity index (χ2v) is 7.94. The number of ether oxygens (including phenoxy) is 3. The summed E-state index contributed by atoms with van der Waals surface area (Å²) in [6, 6.07) is 18.1. The Bertz CT molecular complexity index is 1070. The fourth-order valence-corrected chi connectivity index (χ4v) is 3.58. The number of carbonyl (C=O) groups excluding carboxylic acids is 3. The van der Waals surface area contributed by atoms with E-state index in [-0.39, 0.29) is 6.42 Å². The van der Waals surface area contributed by atoms with Gasteiger partial charge in [0.2, 0.25) is 5.91 Å². The molecule has 3 N–H and O–H groups in total. The van der Waals surface area contributed by atoms with Gasteiger partial charge >= 0.3 is 18.0 Å². The Kier molecular flexibility index (Phi) is 9.87. The van der Waals surface area contributed by atoms with E-state index in [4.69, 9.17) is 19.3 Å². The number of amides is 3. The molecule has 190 valence electrons. The summed E-state index contributed by atoms with van der Waals surface area (Å²) < 4.78 is 15.9. The maximum absolute atomic E-state index is 12.0. The highest BCUT2D eigenvalue weighted by Crippen LogP contribution is 2.27. The predicted molar refractivity (Wildman–Crippen MR) is 128 cm³/mol. The molecule has 0 spiro atoms. The van der Waals surface area contributed by atoms with Crippen molar-refractivity contribution in [3.05, 3.63) is 72.3 Å². The van der Waals surface area contributed by atoms with Crippen LogP contribution in [-0.4, -0.2) is 48.4 Å². The van der Waals surface area contributed by atoms with Crippen molar-refractivity contribution in [2.24, 2.45) is 5.92 Å². The quantitative estimate of drug-likeness (QED) is 0.337. The smallest absolute Gasteiger partial charge is 0.332 e. The maximum atomic E-state index is 12.0. The molecule has 1 saturated heterocycles. The molecule has 0 bridgehead atoms. The fraction of sp³-hybridized carbons (Fsp3) is 0.308. The summed E-state index contributed by atoms with van der Waals surface area (Å²) in [6.45, 7) is 0.915. The van der Waals surface area contributed by atoms with Crippen LogP contribution in [0.1, 0.15) is 25.7 Å². The number of hydrogen-bond acceptors (Lipinski definition) is 7. The molecular formula is C26H28N2O8. The van der Waals surface area contributed by atoms with E-state index in [9.17, 15) is 19.2 Å². The molecule has 10 nitrogen and oxygen atoms in total. The number of esters is 1. The first-order chi connectivity index (χ1) is 17.4. The van der Waals surface area contributed by atoms with Gasteiger partial charge in [0.05, 0.1) is 13.2 Å². The lowest BCUT2D eigenvalue weighted by atomic mass is 9.89. The molecule has 0 aliphatic carbocycles. The molecule has 0 aromatic heterocycles. The molecule has 2 aliphatic rings. The highest BCUT2D eigenvalue weighted by Gasteiger charge is 2.42. The predicted octanol–water partition coefficient (Wildman–Crippen LogP) is 3.04. The Hall–Kier alpha value is -4.34. The Labute approximate surface area is 208 Å². The van der Waals surface area contributed by atoms with Gasteiger partial charge in [-0.05, 0) is 49.1 Å². The molecule has 10 heteroatoms. The first-order valence-electron chi connectivity index (χ1n) is 11.5. The standard InChI is InChI=1S/C16H16N2O5.C10H12O3/c19-12-9-10(5-4-8-22-11-6-2-1-3-7-11)13-14(20)17-16(21)18-15(13)23-12;11-10(12)7-4-8-13-9-5-2-1-3-6-9/h1-3,6-7,9,13,15H,4-5,8H2,(H2,17,18,20,21);1-3,5-6H,4,7-8H2,(H,11,12). The summed E-state index contributed by atoms with van der Waals surface area (Å²) in [4.78, 5) is 45.0. The van der Waals surface area contributed by atoms with Crippen molar-refractivity contribution in [2.75, 3.05) is 13.2 Å². The average molecular weight is 497 g/mol. The number of hydrogen-bond donors (Lipinski definition) is 3. The second kappa shape index (κ2) is 13.5. The molecule has 4 rings (SSSR count). The number of urea groups is 1. The summed E-state index contributed by atoms with van der Waals surface area (Å²) >= 11 is 0. The number of carboxylic acid groups (broad SMARTS) is 1. The lowest BCUT2D eigenvalue weighted by Crippen LogP contribution is -2.61. The highest BCUT2D eigenvalue weighted by molar-refractivity contribution is 6.01. The van der Waals surface area contributed by atoms with Crippen LogP contribution >= 0.6 is 0 Å². The van der Waals surface area contributed by atoms with Gasteiger partial charge in [0.15, 0.2) is 6.23 Å². The normalized spacial score (nSPS) is 18.2. The number of nitrogens with one attached hydrogen (secondary N) is 2. The van der Waals surface area contributed by atoms with E-state index in [1.165, 1.54) is 6.08 Å². The molecule has 2 aliphatic heterocycles. The van der Waals surface area contributed by atoms with Crippen LogP contribution in [0.2, 0.25) is 0 Å². The SMILES string of the molecule is O=C(O)CCCOc1ccccc1.O=C1NC(=O)C2C(CCCOc3ccccc3)=CC(=O)OC2N1. The first kappa shape index (κ1) is 26.3. The number of rotatable bonds is 10. The van der Waals surface area contributed by atoms with Gasteiger partial charge in [-0.2, -0.15) is 0 Å². The molecule has 2 heterocycles. The van der Waals surface area contributed by atoms with Crippen LogP contribution < -0.4 is 20.1 Å². The van der Waals surface area contributed by atoms with Crippen molar-refractivity contribution >= 4 is 23.9 Å². The van der Waals surface area contributed by atoms with E-state index in [1.54, 1.807) is 0 Å². The Morgan fingerprint density at radius 2 is 1.47 bits per heavy atom. The molecular weight excluding hydrogens is 468 g/mol. The number of para-hydroxylation sites is 2. The lowest BCUT2D eigenvalue weighted by Gasteiger charge is -2.34. The van der Waals surface area contributed by atoms with Crippen LogP contribution in [0.4, 0.5) is 4.79 Å². The zero-order valence-electron chi connectivity index (χ0n) is 19.6. The third kappa shape index (κ3) is 8.46. The van der Waals surface area contributed by atoms with Crippen LogP contribution in [0, 0.1) is 5.92 Å². The minimum atomic E-state index is -0.932.